The standard InChI is InChI=1S/C20H19N3O2S/c1-13-18(26-20(22-13)15-6-4-3-5-7-15)19(25)23-16-10-8-14(9-11-16)12-17(24)21-2/h3-11H,12H2,1-2H3,(H,21,24)(H,23,25). The van der Waals surface area contributed by atoms with Crippen LogP contribution in [0.1, 0.15) is 20.9 Å². The lowest BCUT2D eigenvalue weighted by Gasteiger charge is -2.06. The minimum absolute atomic E-state index is 0.0458. The molecule has 0 unspecified atom stereocenters. The molecule has 2 N–H and O–H groups in total. The van der Waals surface area contributed by atoms with Crippen molar-refractivity contribution >= 4 is 28.8 Å². The first-order chi connectivity index (χ1) is 12.6. The van der Waals surface area contributed by atoms with Gasteiger partial charge in [0.25, 0.3) is 5.91 Å². The SMILES string of the molecule is CNC(=O)Cc1ccc(NC(=O)c2sc(-c3ccccc3)nc2C)cc1. The molecule has 0 aliphatic carbocycles. The zero-order valence-corrected chi connectivity index (χ0v) is 15.4. The molecule has 5 nitrogen and oxygen atoms in total. The van der Waals surface area contributed by atoms with Gasteiger partial charge < -0.3 is 10.6 Å². The highest BCUT2D eigenvalue weighted by Crippen LogP contribution is 2.28. The third-order valence-corrected chi connectivity index (χ3v) is 5.08. The zero-order chi connectivity index (χ0) is 18.5. The fourth-order valence-electron chi connectivity index (χ4n) is 2.48. The highest BCUT2D eigenvalue weighted by molar-refractivity contribution is 7.17. The molecule has 26 heavy (non-hydrogen) atoms. The molecule has 1 aromatic heterocycles. The molecule has 0 atom stereocenters. The average Bonchev–Trinajstić information content (AvgIpc) is 3.06. The Hall–Kier alpha value is -2.99. The van der Waals surface area contributed by atoms with Crippen LogP contribution in [0.2, 0.25) is 0 Å². The molecular weight excluding hydrogens is 346 g/mol. The van der Waals surface area contributed by atoms with Gasteiger partial charge >= 0.3 is 0 Å². The monoisotopic (exact) mass is 365 g/mol. The van der Waals surface area contributed by atoms with E-state index < -0.39 is 0 Å². The predicted octanol–water partition coefficient (Wildman–Crippen LogP) is 3.66. The number of benzene rings is 2. The number of hydrogen-bond donors (Lipinski definition) is 2. The maximum atomic E-state index is 12.6. The zero-order valence-electron chi connectivity index (χ0n) is 14.6. The third kappa shape index (κ3) is 4.15. The maximum Gasteiger partial charge on any atom is 0.267 e. The summed E-state index contributed by atoms with van der Waals surface area (Å²) in [7, 11) is 1.61. The molecule has 0 aliphatic rings. The summed E-state index contributed by atoms with van der Waals surface area (Å²) in [5, 5.41) is 6.31. The maximum absolute atomic E-state index is 12.6. The van der Waals surface area contributed by atoms with Crippen molar-refractivity contribution in [3.05, 3.63) is 70.7 Å². The van der Waals surface area contributed by atoms with E-state index in [2.05, 4.69) is 15.6 Å². The number of hydrogen-bond acceptors (Lipinski definition) is 4. The van der Waals surface area contributed by atoms with Crippen molar-refractivity contribution in [2.45, 2.75) is 13.3 Å². The smallest absolute Gasteiger partial charge is 0.267 e. The van der Waals surface area contributed by atoms with E-state index in [1.54, 1.807) is 19.2 Å². The third-order valence-electron chi connectivity index (χ3n) is 3.88. The Labute approximate surface area is 156 Å². The summed E-state index contributed by atoms with van der Waals surface area (Å²) in [4.78, 5) is 29.1. The molecule has 6 heteroatoms. The van der Waals surface area contributed by atoms with Crippen LogP contribution in [0.4, 0.5) is 5.69 Å². The van der Waals surface area contributed by atoms with Crippen LogP contribution in [0, 0.1) is 6.92 Å². The normalized spacial score (nSPS) is 10.4. The number of amides is 2. The number of thiazole rings is 1. The lowest BCUT2D eigenvalue weighted by atomic mass is 10.1. The van der Waals surface area contributed by atoms with Crippen LogP contribution in [-0.2, 0) is 11.2 Å². The molecule has 0 aliphatic heterocycles. The number of carbonyl (C=O) groups excluding carboxylic acids is 2. The van der Waals surface area contributed by atoms with Crippen molar-refractivity contribution in [2.75, 3.05) is 12.4 Å². The van der Waals surface area contributed by atoms with Crippen LogP contribution in [0.5, 0.6) is 0 Å². The quantitative estimate of drug-likeness (QED) is 0.725. The summed E-state index contributed by atoms with van der Waals surface area (Å²) in [6.07, 6.45) is 0.319. The lowest BCUT2D eigenvalue weighted by Crippen LogP contribution is -2.19. The Balaban J connectivity index is 1.72. The molecule has 2 amide bonds. The number of anilines is 1. The molecule has 0 bridgehead atoms. The summed E-state index contributed by atoms with van der Waals surface area (Å²) in [5.74, 6) is -0.225. The summed E-state index contributed by atoms with van der Waals surface area (Å²) in [6.45, 7) is 1.84. The fourth-order valence-corrected chi connectivity index (χ4v) is 3.45. The first-order valence-corrected chi connectivity index (χ1v) is 9.02. The van der Waals surface area contributed by atoms with Gasteiger partial charge in [-0.1, -0.05) is 42.5 Å². The molecule has 3 aromatic rings. The highest BCUT2D eigenvalue weighted by Gasteiger charge is 2.16. The van der Waals surface area contributed by atoms with Crippen LogP contribution >= 0.6 is 11.3 Å². The molecule has 0 saturated carbocycles. The molecular formula is C20H19N3O2S. The van der Waals surface area contributed by atoms with Crippen molar-refractivity contribution in [3.8, 4) is 10.6 Å². The van der Waals surface area contributed by atoms with Gasteiger partial charge in [-0.15, -0.1) is 11.3 Å². The van der Waals surface area contributed by atoms with Crippen molar-refractivity contribution in [2.24, 2.45) is 0 Å². The summed E-state index contributed by atoms with van der Waals surface area (Å²) in [6, 6.07) is 17.1. The summed E-state index contributed by atoms with van der Waals surface area (Å²) < 4.78 is 0. The fraction of sp³-hybridized carbons (Fsp3) is 0.150. The van der Waals surface area contributed by atoms with Crippen molar-refractivity contribution in [1.29, 1.82) is 0 Å². The highest BCUT2D eigenvalue weighted by atomic mass is 32.1. The van der Waals surface area contributed by atoms with E-state index in [0.29, 0.717) is 22.7 Å². The van der Waals surface area contributed by atoms with Gasteiger partial charge in [-0.25, -0.2) is 4.98 Å². The number of nitrogens with one attached hydrogen (secondary N) is 2. The van der Waals surface area contributed by atoms with Gasteiger partial charge in [-0.3, -0.25) is 9.59 Å². The Bertz CT molecular complexity index is 918. The molecule has 3 rings (SSSR count). The van der Waals surface area contributed by atoms with Gasteiger partial charge in [0.15, 0.2) is 0 Å². The molecule has 1 heterocycles. The van der Waals surface area contributed by atoms with Crippen molar-refractivity contribution in [1.82, 2.24) is 10.3 Å². The first-order valence-electron chi connectivity index (χ1n) is 8.20. The van der Waals surface area contributed by atoms with Gasteiger partial charge in [0.2, 0.25) is 5.91 Å². The van der Waals surface area contributed by atoms with E-state index in [0.717, 1.165) is 16.1 Å². The molecule has 0 fully saturated rings. The Morgan fingerprint density at radius 3 is 2.38 bits per heavy atom. The Kier molecular flexibility index (Phi) is 5.43. The lowest BCUT2D eigenvalue weighted by molar-refractivity contribution is -0.119. The van der Waals surface area contributed by atoms with Crippen LogP contribution in [0.25, 0.3) is 10.6 Å². The van der Waals surface area contributed by atoms with Crippen LogP contribution < -0.4 is 10.6 Å². The second-order valence-corrected chi connectivity index (χ2v) is 6.80. The van der Waals surface area contributed by atoms with Gasteiger partial charge in [0, 0.05) is 18.3 Å². The van der Waals surface area contributed by atoms with Crippen LogP contribution in [0.3, 0.4) is 0 Å². The topological polar surface area (TPSA) is 71.1 Å². The van der Waals surface area contributed by atoms with E-state index >= 15 is 0 Å². The number of carbonyl (C=O) groups is 2. The molecule has 0 spiro atoms. The molecule has 2 aromatic carbocycles. The summed E-state index contributed by atoms with van der Waals surface area (Å²) >= 11 is 1.38. The van der Waals surface area contributed by atoms with Crippen LogP contribution in [-0.4, -0.2) is 23.8 Å². The van der Waals surface area contributed by atoms with Crippen LogP contribution in [0.15, 0.2) is 54.6 Å². The largest absolute Gasteiger partial charge is 0.359 e. The molecule has 0 radical (unpaired) electrons. The minimum atomic E-state index is -0.179. The first kappa shape index (κ1) is 17.8. The van der Waals surface area contributed by atoms with Gasteiger partial charge in [-0.05, 0) is 24.6 Å². The van der Waals surface area contributed by atoms with E-state index in [-0.39, 0.29) is 11.8 Å². The number of aryl methyl sites for hydroxylation is 1. The number of nitrogens with zero attached hydrogens (tertiary/aromatic N) is 1. The minimum Gasteiger partial charge on any atom is -0.359 e. The number of rotatable bonds is 5. The number of aromatic nitrogens is 1. The average molecular weight is 365 g/mol. The second-order valence-electron chi connectivity index (χ2n) is 5.80. The van der Waals surface area contributed by atoms with Gasteiger partial charge in [0.1, 0.15) is 9.88 Å². The van der Waals surface area contributed by atoms with E-state index in [4.69, 9.17) is 0 Å². The van der Waals surface area contributed by atoms with E-state index in [9.17, 15) is 9.59 Å². The molecule has 0 saturated heterocycles. The number of likely N-dealkylation sites (N-methyl/N-ethyl adjacent to an activating group) is 1. The van der Waals surface area contributed by atoms with Crippen molar-refractivity contribution in [3.63, 3.8) is 0 Å². The second kappa shape index (κ2) is 7.93. The van der Waals surface area contributed by atoms with E-state index in [1.165, 1.54) is 11.3 Å². The predicted molar refractivity (Wildman–Crippen MR) is 104 cm³/mol. The van der Waals surface area contributed by atoms with Gasteiger partial charge in [-0.2, -0.15) is 0 Å². The molecule has 132 valence electrons. The van der Waals surface area contributed by atoms with Crippen molar-refractivity contribution < 1.29 is 9.59 Å². The van der Waals surface area contributed by atoms with E-state index in [1.807, 2.05) is 49.4 Å². The Morgan fingerprint density at radius 1 is 1.04 bits per heavy atom. The Morgan fingerprint density at radius 2 is 1.73 bits per heavy atom. The van der Waals surface area contributed by atoms with Gasteiger partial charge in [0.05, 0.1) is 12.1 Å². The summed E-state index contributed by atoms with van der Waals surface area (Å²) in [5.41, 5.74) is 3.29.